The van der Waals surface area contributed by atoms with Crippen LogP contribution in [0.3, 0.4) is 0 Å². The normalized spacial score (nSPS) is 11.2. The van der Waals surface area contributed by atoms with Crippen LogP contribution in [-0.4, -0.2) is 11.0 Å². The van der Waals surface area contributed by atoms with Gasteiger partial charge in [0.05, 0.1) is 17.2 Å². The van der Waals surface area contributed by atoms with E-state index in [2.05, 4.69) is 4.98 Å². The zero-order valence-electron chi connectivity index (χ0n) is 14.8. The van der Waals surface area contributed by atoms with Crippen LogP contribution in [0, 0.1) is 5.82 Å². The van der Waals surface area contributed by atoms with Crippen LogP contribution in [0.15, 0.2) is 78.9 Å². The first kappa shape index (κ1) is 17.6. The number of fused-ring (bicyclic) bond motifs is 1. The van der Waals surface area contributed by atoms with Gasteiger partial charge in [-0.1, -0.05) is 66.7 Å². The number of benzene rings is 3. The second-order valence-corrected chi connectivity index (χ2v) is 6.37. The zero-order valence-corrected chi connectivity index (χ0v) is 14.8. The molecule has 0 aliphatic rings. The first-order chi connectivity index (χ1) is 13.6. The van der Waals surface area contributed by atoms with Crippen molar-refractivity contribution in [2.45, 2.75) is 0 Å². The van der Waals surface area contributed by atoms with E-state index < -0.39 is 11.8 Å². The summed E-state index contributed by atoms with van der Waals surface area (Å²) >= 11 is 0. The highest BCUT2D eigenvalue weighted by atomic mass is 19.1. The standard InChI is InChI=1S/C24H16FNO2/c25-19-12-13-22-20(14-19)21(24(27)28)15-23(26-22)18-10-8-17(9-11-18)7-6-16-4-2-1-3-5-16/h1-15H,(H,27,28)/p-1. The van der Waals surface area contributed by atoms with Crippen molar-refractivity contribution >= 4 is 29.0 Å². The van der Waals surface area contributed by atoms with Crippen LogP contribution < -0.4 is 5.11 Å². The van der Waals surface area contributed by atoms with E-state index in [0.29, 0.717) is 11.2 Å². The molecule has 1 aromatic heterocycles. The molecule has 3 nitrogen and oxygen atoms in total. The summed E-state index contributed by atoms with van der Waals surface area (Å²) in [4.78, 5) is 16.0. The number of hydrogen-bond donors (Lipinski definition) is 0. The van der Waals surface area contributed by atoms with Crippen molar-refractivity contribution in [1.82, 2.24) is 4.98 Å². The topological polar surface area (TPSA) is 53.0 Å². The molecule has 0 saturated heterocycles. The third-order valence-corrected chi connectivity index (χ3v) is 4.46. The van der Waals surface area contributed by atoms with E-state index in [1.165, 1.54) is 18.2 Å². The van der Waals surface area contributed by atoms with Gasteiger partial charge >= 0.3 is 0 Å². The number of carboxylic acids is 1. The van der Waals surface area contributed by atoms with Crippen molar-refractivity contribution in [3.63, 3.8) is 0 Å². The van der Waals surface area contributed by atoms with Gasteiger partial charge in [-0.3, -0.25) is 0 Å². The molecule has 0 spiro atoms. The fourth-order valence-corrected chi connectivity index (χ4v) is 3.04. The molecule has 0 aliphatic carbocycles. The van der Waals surface area contributed by atoms with Crippen LogP contribution in [0.2, 0.25) is 0 Å². The molecule has 0 N–H and O–H groups in total. The Morgan fingerprint density at radius 2 is 1.54 bits per heavy atom. The third-order valence-electron chi connectivity index (χ3n) is 4.46. The molecule has 136 valence electrons. The van der Waals surface area contributed by atoms with Gasteiger partial charge in [-0.25, -0.2) is 9.37 Å². The fraction of sp³-hybridized carbons (Fsp3) is 0. The molecule has 3 aromatic carbocycles. The van der Waals surface area contributed by atoms with E-state index in [9.17, 15) is 14.3 Å². The number of carbonyl (C=O) groups is 1. The maximum absolute atomic E-state index is 13.5. The molecular weight excluding hydrogens is 353 g/mol. The summed E-state index contributed by atoms with van der Waals surface area (Å²) in [5.41, 5.74) is 3.71. The highest BCUT2D eigenvalue weighted by Crippen LogP contribution is 2.26. The molecule has 1 heterocycles. The molecule has 0 unspecified atom stereocenters. The average molecular weight is 368 g/mol. The number of aromatic nitrogens is 1. The van der Waals surface area contributed by atoms with Crippen molar-refractivity contribution in [2.75, 3.05) is 0 Å². The Hall–Kier alpha value is -3.79. The van der Waals surface area contributed by atoms with Gasteiger partial charge in [0.15, 0.2) is 0 Å². The van der Waals surface area contributed by atoms with E-state index in [0.717, 1.165) is 22.8 Å². The number of carbonyl (C=O) groups excluding carboxylic acids is 1. The number of nitrogens with zero attached hydrogens (tertiary/aromatic N) is 1. The van der Waals surface area contributed by atoms with Crippen LogP contribution in [0.25, 0.3) is 34.3 Å². The van der Waals surface area contributed by atoms with Gasteiger partial charge in [-0.15, -0.1) is 0 Å². The monoisotopic (exact) mass is 368 g/mol. The predicted octanol–water partition coefficient (Wildman–Crippen LogP) is 4.57. The first-order valence-corrected chi connectivity index (χ1v) is 8.75. The van der Waals surface area contributed by atoms with Gasteiger partial charge in [0, 0.05) is 16.5 Å². The lowest BCUT2D eigenvalue weighted by molar-refractivity contribution is -0.254. The summed E-state index contributed by atoms with van der Waals surface area (Å²) in [6.45, 7) is 0. The second-order valence-electron chi connectivity index (χ2n) is 6.37. The van der Waals surface area contributed by atoms with Crippen LogP contribution in [0.4, 0.5) is 4.39 Å². The molecule has 4 aromatic rings. The number of carboxylic acid groups (broad SMARTS) is 1. The van der Waals surface area contributed by atoms with E-state index in [1.54, 1.807) is 0 Å². The van der Waals surface area contributed by atoms with Gasteiger partial charge in [-0.2, -0.15) is 0 Å². The summed E-state index contributed by atoms with van der Waals surface area (Å²) in [7, 11) is 0. The molecule has 28 heavy (non-hydrogen) atoms. The number of hydrogen-bond acceptors (Lipinski definition) is 3. The van der Waals surface area contributed by atoms with Crippen molar-refractivity contribution in [2.24, 2.45) is 0 Å². The Labute approximate surface area is 161 Å². The third kappa shape index (κ3) is 3.67. The minimum absolute atomic E-state index is 0.0763. The number of halogens is 1. The lowest BCUT2D eigenvalue weighted by Crippen LogP contribution is -2.22. The summed E-state index contributed by atoms with van der Waals surface area (Å²) in [6.07, 6.45) is 4.02. The summed E-state index contributed by atoms with van der Waals surface area (Å²) in [6, 6.07) is 22.9. The first-order valence-electron chi connectivity index (χ1n) is 8.75. The Morgan fingerprint density at radius 3 is 2.21 bits per heavy atom. The molecule has 0 radical (unpaired) electrons. The average Bonchev–Trinajstić information content (AvgIpc) is 2.72. The molecule has 0 aliphatic heterocycles. The summed E-state index contributed by atoms with van der Waals surface area (Å²) in [5, 5.41) is 11.7. The van der Waals surface area contributed by atoms with Crippen LogP contribution in [0.5, 0.6) is 0 Å². The molecule has 0 fully saturated rings. The number of aromatic carboxylic acids is 1. The molecule has 0 bridgehead atoms. The molecular formula is C24H15FNO2-. The summed E-state index contributed by atoms with van der Waals surface area (Å²) in [5.74, 6) is -1.87. The molecule has 0 atom stereocenters. The van der Waals surface area contributed by atoms with Crippen molar-refractivity contribution in [1.29, 1.82) is 0 Å². The van der Waals surface area contributed by atoms with Gasteiger partial charge < -0.3 is 9.90 Å². The van der Waals surface area contributed by atoms with E-state index in [4.69, 9.17) is 0 Å². The highest BCUT2D eigenvalue weighted by molar-refractivity contribution is 6.02. The Bertz CT molecular complexity index is 1180. The van der Waals surface area contributed by atoms with Gasteiger partial charge in [-0.05, 0) is 35.4 Å². The maximum Gasteiger partial charge on any atom is 0.123 e. The van der Waals surface area contributed by atoms with E-state index in [-0.39, 0.29) is 10.9 Å². The maximum atomic E-state index is 13.5. The van der Waals surface area contributed by atoms with Gasteiger partial charge in [0.25, 0.3) is 0 Å². The quantitative estimate of drug-likeness (QED) is 0.496. The van der Waals surface area contributed by atoms with Gasteiger partial charge in [0.2, 0.25) is 0 Å². The minimum Gasteiger partial charge on any atom is -0.545 e. The zero-order chi connectivity index (χ0) is 19.5. The number of pyridine rings is 1. The number of rotatable bonds is 4. The van der Waals surface area contributed by atoms with Crippen LogP contribution in [-0.2, 0) is 0 Å². The predicted molar refractivity (Wildman–Crippen MR) is 107 cm³/mol. The minimum atomic E-state index is -1.36. The van der Waals surface area contributed by atoms with E-state index in [1.807, 2.05) is 66.7 Å². The largest absolute Gasteiger partial charge is 0.545 e. The SMILES string of the molecule is O=C([O-])c1cc(-c2ccc(C=Cc3ccccc3)cc2)nc2ccc(F)cc12. The molecule has 0 saturated carbocycles. The van der Waals surface area contributed by atoms with Crippen molar-refractivity contribution < 1.29 is 14.3 Å². The van der Waals surface area contributed by atoms with Crippen molar-refractivity contribution in [3.8, 4) is 11.3 Å². The van der Waals surface area contributed by atoms with Crippen LogP contribution in [0.1, 0.15) is 21.5 Å². The van der Waals surface area contributed by atoms with Crippen LogP contribution >= 0.6 is 0 Å². The fourth-order valence-electron chi connectivity index (χ4n) is 3.04. The van der Waals surface area contributed by atoms with Gasteiger partial charge in [0.1, 0.15) is 5.82 Å². The Kier molecular flexibility index (Phi) is 4.68. The Balaban J connectivity index is 1.69. The summed E-state index contributed by atoms with van der Waals surface area (Å²) < 4.78 is 13.5. The molecule has 4 rings (SSSR count). The van der Waals surface area contributed by atoms with E-state index >= 15 is 0 Å². The Morgan fingerprint density at radius 1 is 0.857 bits per heavy atom. The highest BCUT2D eigenvalue weighted by Gasteiger charge is 2.09. The lowest BCUT2D eigenvalue weighted by Gasteiger charge is -2.11. The second kappa shape index (κ2) is 7.45. The molecule has 0 amide bonds. The smallest absolute Gasteiger partial charge is 0.123 e. The molecule has 4 heteroatoms. The lowest BCUT2D eigenvalue weighted by atomic mass is 10.0. The van der Waals surface area contributed by atoms with Crippen molar-refractivity contribution in [3.05, 3.63) is 101 Å².